The Morgan fingerprint density at radius 1 is 1.16 bits per heavy atom. The van der Waals surface area contributed by atoms with Crippen LogP contribution >= 0.6 is 24.0 Å². The Labute approximate surface area is 170 Å². The Morgan fingerprint density at radius 3 is 2.60 bits per heavy atom. The van der Waals surface area contributed by atoms with Gasteiger partial charge in [0.15, 0.2) is 5.96 Å². The summed E-state index contributed by atoms with van der Waals surface area (Å²) in [5, 5.41) is 6.94. The largest absolute Gasteiger partial charge is 0.357 e. The summed E-state index contributed by atoms with van der Waals surface area (Å²) in [5.74, 6) is 1.67. The molecule has 4 nitrogen and oxygen atoms in total. The van der Waals surface area contributed by atoms with Crippen LogP contribution in [-0.2, 0) is 13.0 Å². The summed E-state index contributed by atoms with van der Waals surface area (Å²) in [6.07, 6.45) is 3.70. The van der Waals surface area contributed by atoms with Gasteiger partial charge < -0.3 is 15.5 Å². The number of likely N-dealkylation sites (tertiary alicyclic amines) is 1. The lowest BCUT2D eigenvalue weighted by molar-refractivity contribution is 0.183. The van der Waals surface area contributed by atoms with Crippen molar-refractivity contribution >= 4 is 29.9 Å². The van der Waals surface area contributed by atoms with E-state index in [4.69, 9.17) is 4.99 Å². The first-order chi connectivity index (χ1) is 11.8. The lowest BCUT2D eigenvalue weighted by Crippen LogP contribution is -2.44. The van der Waals surface area contributed by atoms with E-state index >= 15 is 0 Å². The smallest absolute Gasteiger partial charge is 0.191 e. The van der Waals surface area contributed by atoms with E-state index in [1.165, 1.54) is 43.6 Å². The van der Waals surface area contributed by atoms with Gasteiger partial charge in [0.2, 0.25) is 0 Å². The molecule has 1 aromatic rings. The third-order valence-electron chi connectivity index (χ3n) is 4.86. The molecule has 2 N–H and O–H groups in total. The van der Waals surface area contributed by atoms with E-state index in [9.17, 15) is 0 Å². The molecule has 1 saturated heterocycles. The van der Waals surface area contributed by atoms with E-state index in [0.29, 0.717) is 0 Å². The molecule has 0 aromatic heterocycles. The number of halogens is 1. The van der Waals surface area contributed by atoms with Crippen molar-refractivity contribution in [1.82, 2.24) is 15.5 Å². The summed E-state index contributed by atoms with van der Waals surface area (Å²) in [4.78, 5) is 7.35. The molecule has 1 aliphatic heterocycles. The van der Waals surface area contributed by atoms with Crippen LogP contribution in [0.2, 0.25) is 0 Å². The Morgan fingerprint density at radius 2 is 1.92 bits per heavy atom. The highest BCUT2D eigenvalue weighted by atomic mass is 127. The molecule has 1 aromatic carbocycles. The Bertz CT molecular complexity index is 518. The number of hydrogen-bond acceptors (Lipinski definition) is 2. The number of nitrogens with zero attached hydrogens (tertiary/aromatic N) is 2. The van der Waals surface area contributed by atoms with Crippen molar-refractivity contribution in [3.63, 3.8) is 0 Å². The molecule has 0 bridgehead atoms. The highest BCUT2D eigenvalue weighted by Gasteiger charge is 2.18. The number of nitrogens with one attached hydrogen (secondary N) is 2. The van der Waals surface area contributed by atoms with E-state index in [1.54, 1.807) is 0 Å². The van der Waals surface area contributed by atoms with Crippen molar-refractivity contribution in [2.24, 2.45) is 10.9 Å². The molecule has 5 heteroatoms. The maximum Gasteiger partial charge on any atom is 0.191 e. The van der Waals surface area contributed by atoms with Crippen molar-refractivity contribution in [1.29, 1.82) is 0 Å². The zero-order chi connectivity index (χ0) is 17.2. The van der Waals surface area contributed by atoms with Crippen LogP contribution in [0.3, 0.4) is 0 Å². The van der Waals surface area contributed by atoms with Crippen molar-refractivity contribution in [2.45, 2.75) is 46.6 Å². The van der Waals surface area contributed by atoms with Crippen LogP contribution in [0.4, 0.5) is 0 Å². The van der Waals surface area contributed by atoms with Gasteiger partial charge in [-0.3, -0.25) is 0 Å². The maximum absolute atomic E-state index is 4.80. The minimum absolute atomic E-state index is 0. The number of guanidine groups is 1. The summed E-state index contributed by atoms with van der Waals surface area (Å²) >= 11 is 0. The fraction of sp³-hybridized carbons (Fsp3) is 0.650. The monoisotopic (exact) mass is 458 g/mol. The lowest BCUT2D eigenvalue weighted by atomic mass is 9.98. The molecule has 2 rings (SSSR count). The first kappa shape index (κ1) is 22.2. The molecule has 0 saturated carbocycles. The van der Waals surface area contributed by atoms with Crippen molar-refractivity contribution in [2.75, 3.05) is 32.7 Å². The number of piperidine rings is 1. The first-order valence-electron chi connectivity index (χ1n) is 9.58. The zero-order valence-corrected chi connectivity index (χ0v) is 18.4. The third kappa shape index (κ3) is 7.52. The van der Waals surface area contributed by atoms with Crippen LogP contribution < -0.4 is 10.6 Å². The molecule has 0 aliphatic carbocycles. The van der Waals surface area contributed by atoms with E-state index < -0.39 is 0 Å². The van der Waals surface area contributed by atoms with Gasteiger partial charge in [-0.25, -0.2) is 4.99 Å². The molecule has 0 amide bonds. The predicted octanol–water partition coefficient (Wildman–Crippen LogP) is 3.65. The zero-order valence-electron chi connectivity index (χ0n) is 16.1. The number of rotatable bonds is 7. The van der Waals surface area contributed by atoms with E-state index in [1.807, 2.05) is 0 Å². The molecule has 142 valence electrons. The molecular weight excluding hydrogens is 423 g/mol. The number of aliphatic imine (C=N–C) groups is 1. The molecule has 1 fully saturated rings. The van der Waals surface area contributed by atoms with Gasteiger partial charge in [-0.2, -0.15) is 0 Å². The average molecular weight is 458 g/mol. The van der Waals surface area contributed by atoms with Crippen LogP contribution in [0, 0.1) is 5.92 Å². The number of aryl methyl sites for hydroxylation is 1. The molecule has 0 spiro atoms. The van der Waals surface area contributed by atoms with Crippen LogP contribution in [-0.4, -0.2) is 43.6 Å². The first-order valence-corrected chi connectivity index (χ1v) is 9.58. The van der Waals surface area contributed by atoms with Crippen LogP contribution in [0.25, 0.3) is 0 Å². The molecule has 1 heterocycles. The van der Waals surface area contributed by atoms with Gasteiger partial charge in [0.1, 0.15) is 0 Å². The standard InChI is InChI=1S/C20H34N4.HI/c1-4-18-11-7-8-12-19(18)15-23-20(21-5-2)22-14-17-10-9-13-24(6-3)16-17;/h7-8,11-12,17H,4-6,9-10,13-16H2,1-3H3,(H2,21,22,23);1H. The second kappa shape index (κ2) is 12.5. The molecule has 0 radical (unpaired) electrons. The third-order valence-corrected chi connectivity index (χ3v) is 4.86. The van der Waals surface area contributed by atoms with Gasteiger partial charge in [0.05, 0.1) is 6.54 Å². The van der Waals surface area contributed by atoms with Crippen LogP contribution in [0.1, 0.15) is 44.7 Å². The summed E-state index contributed by atoms with van der Waals surface area (Å²) in [5.41, 5.74) is 2.72. The van der Waals surface area contributed by atoms with Gasteiger partial charge in [-0.15, -0.1) is 24.0 Å². The minimum Gasteiger partial charge on any atom is -0.357 e. The summed E-state index contributed by atoms with van der Waals surface area (Å²) in [6, 6.07) is 8.60. The van der Waals surface area contributed by atoms with Gasteiger partial charge in [-0.05, 0) is 56.3 Å². The average Bonchev–Trinajstić information content (AvgIpc) is 2.64. The second-order valence-electron chi connectivity index (χ2n) is 6.60. The van der Waals surface area contributed by atoms with Crippen molar-refractivity contribution in [3.8, 4) is 0 Å². The Hall–Kier alpha value is -0.820. The number of benzene rings is 1. The minimum atomic E-state index is 0. The fourth-order valence-electron chi connectivity index (χ4n) is 3.41. The summed E-state index contributed by atoms with van der Waals surface area (Å²) < 4.78 is 0. The van der Waals surface area contributed by atoms with Gasteiger partial charge in [0.25, 0.3) is 0 Å². The van der Waals surface area contributed by atoms with Crippen LogP contribution in [0.5, 0.6) is 0 Å². The maximum atomic E-state index is 4.80. The normalized spacial score (nSPS) is 18.5. The highest BCUT2D eigenvalue weighted by molar-refractivity contribution is 14.0. The number of hydrogen-bond donors (Lipinski definition) is 2. The molecule has 25 heavy (non-hydrogen) atoms. The lowest BCUT2D eigenvalue weighted by Gasteiger charge is -2.32. The van der Waals surface area contributed by atoms with Crippen LogP contribution in [0.15, 0.2) is 29.3 Å². The predicted molar refractivity (Wildman–Crippen MR) is 119 cm³/mol. The molecule has 1 aliphatic rings. The summed E-state index contributed by atoms with van der Waals surface area (Å²) in [7, 11) is 0. The second-order valence-corrected chi connectivity index (χ2v) is 6.60. The Kier molecular flexibility index (Phi) is 11.1. The van der Waals surface area contributed by atoms with E-state index in [2.05, 4.69) is 60.6 Å². The molecular formula is C20H35IN4. The van der Waals surface area contributed by atoms with Crippen molar-refractivity contribution < 1.29 is 0 Å². The topological polar surface area (TPSA) is 39.7 Å². The molecule has 1 unspecified atom stereocenters. The quantitative estimate of drug-likeness (QED) is 0.372. The molecule has 1 atom stereocenters. The fourth-order valence-corrected chi connectivity index (χ4v) is 3.41. The van der Waals surface area contributed by atoms with E-state index in [-0.39, 0.29) is 24.0 Å². The van der Waals surface area contributed by atoms with E-state index in [0.717, 1.165) is 37.9 Å². The van der Waals surface area contributed by atoms with Crippen molar-refractivity contribution in [3.05, 3.63) is 35.4 Å². The van der Waals surface area contributed by atoms with Gasteiger partial charge >= 0.3 is 0 Å². The summed E-state index contributed by atoms with van der Waals surface area (Å²) in [6.45, 7) is 12.9. The highest BCUT2D eigenvalue weighted by Crippen LogP contribution is 2.15. The van der Waals surface area contributed by atoms with Gasteiger partial charge in [0, 0.05) is 19.6 Å². The SMILES string of the molecule is CCNC(=NCc1ccccc1CC)NCC1CCCN(CC)C1.I. The Balaban J connectivity index is 0.00000312. The van der Waals surface area contributed by atoms with Gasteiger partial charge in [-0.1, -0.05) is 38.1 Å².